The first-order chi connectivity index (χ1) is 12.7. The van der Waals surface area contributed by atoms with E-state index in [2.05, 4.69) is 38.6 Å². The molecule has 0 amide bonds. The van der Waals surface area contributed by atoms with Gasteiger partial charge in [-0.1, -0.05) is 18.2 Å². The van der Waals surface area contributed by atoms with Crippen molar-refractivity contribution >= 4 is 22.4 Å². The molecule has 130 valence electrons. The van der Waals surface area contributed by atoms with E-state index in [1.54, 1.807) is 0 Å². The fraction of sp³-hybridized carbons (Fsp3) is 0.263. The highest BCUT2D eigenvalue weighted by Gasteiger charge is 2.19. The molecule has 7 nitrogen and oxygen atoms in total. The minimum atomic E-state index is 0.00780. The van der Waals surface area contributed by atoms with Gasteiger partial charge in [0.25, 0.3) is 5.88 Å². The Morgan fingerprint density at radius 1 is 1.27 bits per heavy atom. The highest BCUT2D eigenvalue weighted by atomic mass is 16.5. The number of hydrogen-bond donors (Lipinski definition) is 2. The highest BCUT2D eigenvalue weighted by molar-refractivity contribution is 5.87. The number of benzene rings is 1. The summed E-state index contributed by atoms with van der Waals surface area (Å²) < 4.78 is 5.84. The Labute approximate surface area is 151 Å². The van der Waals surface area contributed by atoms with Crippen molar-refractivity contribution < 1.29 is 4.74 Å². The summed E-state index contributed by atoms with van der Waals surface area (Å²) in [6.07, 6.45) is 4.25. The van der Waals surface area contributed by atoms with Crippen molar-refractivity contribution in [2.24, 2.45) is 0 Å². The number of aromatic nitrogens is 3. The first-order valence-corrected chi connectivity index (χ1v) is 8.50. The number of hydrogen-bond acceptors (Lipinski definition) is 7. The molecule has 3 aromatic rings. The van der Waals surface area contributed by atoms with Crippen LogP contribution in [-0.2, 0) is 0 Å². The van der Waals surface area contributed by atoms with E-state index < -0.39 is 0 Å². The second-order valence-electron chi connectivity index (χ2n) is 6.24. The summed E-state index contributed by atoms with van der Waals surface area (Å²) in [5, 5.41) is 17.8. The van der Waals surface area contributed by atoms with Gasteiger partial charge in [-0.2, -0.15) is 10.2 Å². The van der Waals surface area contributed by atoms with Crippen LogP contribution in [0.1, 0.15) is 17.7 Å². The van der Waals surface area contributed by atoms with Gasteiger partial charge in [0.1, 0.15) is 18.0 Å². The molecule has 1 aliphatic rings. The van der Waals surface area contributed by atoms with Gasteiger partial charge in [-0.25, -0.2) is 9.97 Å². The third-order valence-electron chi connectivity index (χ3n) is 4.38. The quantitative estimate of drug-likeness (QED) is 0.750. The highest BCUT2D eigenvalue weighted by Crippen LogP contribution is 2.23. The zero-order chi connectivity index (χ0) is 17.9. The molecule has 0 radical (unpaired) electrons. The third-order valence-corrected chi connectivity index (χ3v) is 4.38. The van der Waals surface area contributed by atoms with Crippen molar-refractivity contribution in [3.8, 4) is 11.9 Å². The molecule has 0 unspecified atom stereocenters. The van der Waals surface area contributed by atoms with E-state index in [4.69, 9.17) is 4.74 Å². The molecular weight excluding hydrogens is 328 g/mol. The molecule has 1 atom stereocenters. The molecule has 7 heteroatoms. The van der Waals surface area contributed by atoms with Crippen LogP contribution in [0.2, 0.25) is 0 Å². The first-order valence-electron chi connectivity index (χ1n) is 8.50. The van der Waals surface area contributed by atoms with Crippen molar-refractivity contribution in [1.82, 2.24) is 20.3 Å². The smallest absolute Gasteiger partial charge is 0.253 e. The molecular formula is C19H18N6O. The standard InChI is InChI=1S/C19H18N6O/c1-12-3-2-4-13-7-17(23-10-15(12)13)24-18-11-22-16(8-20)19(25-18)26-14-5-6-21-9-14/h2-4,7,10-11,14,21H,5-6,9H2,1H3,(H,23,24,25)/t14-/m1/s1. The molecule has 0 spiro atoms. The summed E-state index contributed by atoms with van der Waals surface area (Å²) in [5.74, 6) is 1.41. The molecule has 1 aromatic carbocycles. The van der Waals surface area contributed by atoms with Gasteiger partial charge in [-0.3, -0.25) is 0 Å². The number of anilines is 2. The van der Waals surface area contributed by atoms with Gasteiger partial charge in [-0.15, -0.1) is 0 Å². The Hall–Kier alpha value is -3.24. The van der Waals surface area contributed by atoms with Crippen LogP contribution in [0.25, 0.3) is 10.8 Å². The maximum atomic E-state index is 9.24. The largest absolute Gasteiger partial charge is 0.471 e. The van der Waals surface area contributed by atoms with E-state index in [0.29, 0.717) is 11.6 Å². The van der Waals surface area contributed by atoms with Gasteiger partial charge < -0.3 is 15.4 Å². The molecule has 26 heavy (non-hydrogen) atoms. The lowest BCUT2D eigenvalue weighted by Gasteiger charge is -2.13. The second kappa shape index (κ2) is 6.94. The predicted molar refractivity (Wildman–Crippen MR) is 98.4 cm³/mol. The number of nitriles is 1. The van der Waals surface area contributed by atoms with Gasteiger partial charge in [0.15, 0.2) is 5.82 Å². The van der Waals surface area contributed by atoms with E-state index in [9.17, 15) is 5.26 Å². The van der Waals surface area contributed by atoms with Crippen molar-refractivity contribution in [2.45, 2.75) is 19.4 Å². The van der Waals surface area contributed by atoms with E-state index in [-0.39, 0.29) is 17.7 Å². The van der Waals surface area contributed by atoms with E-state index in [0.717, 1.165) is 30.3 Å². The van der Waals surface area contributed by atoms with Crippen molar-refractivity contribution in [2.75, 3.05) is 18.4 Å². The Kier molecular flexibility index (Phi) is 4.33. The normalized spacial score (nSPS) is 16.4. The number of rotatable bonds is 4. The van der Waals surface area contributed by atoms with Crippen LogP contribution in [0.15, 0.2) is 36.7 Å². The summed E-state index contributed by atoms with van der Waals surface area (Å²) >= 11 is 0. The molecule has 0 aliphatic carbocycles. The molecule has 2 N–H and O–H groups in total. The minimum Gasteiger partial charge on any atom is -0.471 e. The van der Waals surface area contributed by atoms with Crippen molar-refractivity contribution in [3.63, 3.8) is 0 Å². The summed E-state index contributed by atoms with van der Waals surface area (Å²) in [5.41, 5.74) is 1.37. The zero-order valence-corrected chi connectivity index (χ0v) is 14.4. The van der Waals surface area contributed by atoms with Crippen LogP contribution >= 0.6 is 0 Å². The van der Waals surface area contributed by atoms with Gasteiger partial charge in [-0.05, 0) is 36.9 Å². The monoisotopic (exact) mass is 346 g/mol. The lowest BCUT2D eigenvalue weighted by atomic mass is 10.1. The lowest BCUT2D eigenvalue weighted by Crippen LogP contribution is -2.21. The molecule has 4 rings (SSSR count). The zero-order valence-electron chi connectivity index (χ0n) is 14.4. The van der Waals surface area contributed by atoms with Crippen LogP contribution in [0.3, 0.4) is 0 Å². The number of fused-ring (bicyclic) bond motifs is 1. The SMILES string of the molecule is Cc1cccc2cc(Nc3cnc(C#N)c(O[C@@H]4CCNC4)n3)ncc12. The van der Waals surface area contributed by atoms with Crippen molar-refractivity contribution in [1.29, 1.82) is 5.26 Å². The Morgan fingerprint density at radius 3 is 3.00 bits per heavy atom. The van der Waals surface area contributed by atoms with Crippen LogP contribution in [0.4, 0.5) is 11.6 Å². The van der Waals surface area contributed by atoms with E-state index >= 15 is 0 Å². The fourth-order valence-corrected chi connectivity index (χ4v) is 3.00. The number of ether oxygens (including phenoxy) is 1. The molecule has 0 bridgehead atoms. The van der Waals surface area contributed by atoms with Gasteiger partial charge in [0, 0.05) is 18.1 Å². The number of aryl methyl sites for hydroxylation is 1. The Balaban J connectivity index is 1.60. The fourth-order valence-electron chi connectivity index (χ4n) is 3.00. The summed E-state index contributed by atoms with van der Waals surface area (Å²) in [4.78, 5) is 13.0. The summed E-state index contributed by atoms with van der Waals surface area (Å²) in [6.45, 7) is 3.71. The topological polar surface area (TPSA) is 95.8 Å². The molecule has 1 aliphatic heterocycles. The third kappa shape index (κ3) is 3.27. The van der Waals surface area contributed by atoms with Crippen molar-refractivity contribution in [3.05, 3.63) is 47.9 Å². The van der Waals surface area contributed by atoms with Crippen LogP contribution < -0.4 is 15.4 Å². The number of pyridine rings is 1. The molecule has 3 heterocycles. The lowest BCUT2D eigenvalue weighted by molar-refractivity contribution is 0.212. The first kappa shape index (κ1) is 16.2. The maximum Gasteiger partial charge on any atom is 0.253 e. The molecule has 2 aromatic heterocycles. The summed E-state index contributed by atoms with van der Waals surface area (Å²) in [6, 6.07) is 10.1. The Bertz CT molecular complexity index is 991. The van der Waals surface area contributed by atoms with Crippen LogP contribution in [-0.4, -0.2) is 34.1 Å². The molecule has 0 saturated carbocycles. The van der Waals surface area contributed by atoms with Crippen LogP contribution in [0.5, 0.6) is 5.88 Å². The van der Waals surface area contributed by atoms with E-state index in [1.807, 2.05) is 30.5 Å². The molecule has 1 fully saturated rings. The predicted octanol–water partition coefficient (Wildman–Crippen LogP) is 2.69. The van der Waals surface area contributed by atoms with Crippen LogP contribution in [0, 0.1) is 18.3 Å². The molecule has 1 saturated heterocycles. The van der Waals surface area contributed by atoms with Gasteiger partial charge >= 0.3 is 0 Å². The van der Waals surface area contributed by atoms with E-state index in [1.165, 1.54) is 11.8 Å². The maximum absolute atomic E-state index is 9.24. The number of nitrogens with one attached hydrogen (secondary N) is 2. The number of nitrogens with zero attached hydrogens (tertiary/aromatic N) is 4. The van der Waals surface area contributed by atoms with Gasteiger partial charge in [0.2, 0.25) is 5.69 Å². The Morgan fingerprint density at radius 2 is 2.19 bits per heavy atom. The van der Waals surface area contributed by atoms with Gasteiger partial charge in [0.05, 0.1) is 6.20 Å². The second-order valence-corrected chi connectivity index (χ2v) is 6.24. The minimum absolute atomic E-state index is 0.00780. The summed E-state index contributed by atoms with van der Waals surface area (Å²) in [7, 11) is 0. The average molecular weight is 346 g/mol. The average Bonchev–Trinajstić information content (AvgIpc) is 3.15.